The zero-order chi connectivity index (χ0) is 21.4. The molecule has 7 nitrogen and oxygen atoms in total. The summed E-state index contributed by atoms with van der Waals surface area (Å²) in [6.07, 6.45) is 2.86. The molecule has 2 aromatic heterocycles. The fourth-order valence-corrected chi connectivity index (χ4v) is 4.87. The number of hydrogen-bond donors (Lipinski definition) is 2. The number of hydrogen-bond acceptors (Lipinski definition) is 5. The van der Waals surface area contributed by atoms with Gasteiger partial charge in [-0.2, -0.15) is 9.61 Å². The highest BCUT2D eigenvalue weighted by Crippen LogP contribution is 2.32. The fourth-order valence-electron chi connectivity index (χ4n) is 4.36. The van der Waals surface area contributed by atoms with Crippen LogP contribution >= 0.6 is 11.6 Å². The maximum absolute atomic E-state index is 11.0. The molecule has 0 amide bonds. The second-order valence-corrected chi connectivity index (χ2v) is 9.00. The van der Waals surface area contributed by atoms with Gasteiger partial charge >= 0.3 is 0 Å². The van der Waals surface area contributed by atoms with Gasteiger partial charge in [0.25, 0.3) is 0 Å². The summed E-state index contributed by atoms with van der Waals surface area (Å²) in [4.78, 5) is 4.46. The quantitative estimate of drug-likeness (QED) is 0.422. The van der Waals surface area contributed by atoms with Crippen LogP contribution in [0.15, 0.2) is 54.6 Å². The zero-order valence-electron chi connectivity index (χ0n) is 16.7. The van der Waals surface area contributed by atoms with E-state index < -0.39 is 11.3 Å². The van der Waals surface area contributed by atoms with Crippen LogP contribution in [0.5, 0.6) is 0 Å². The molecule has 3 unspecified atom stereocenters. The van der Waals surface area contributed by atoms with Gasteiger partial charge in [0.1, 0.15) is 11.0 Å². The standard InChI is InChI=1S/C22H22ClN5O2S/c23-20-12-22(25-16-9-8-14(10-16)13-30-31(24)29)28-21(26-20)11-19(27-28)18-7-3-5-15-4-1-2-6-17(15)18/h1-7,11-12,14,16,25H,8-10,13,24H2. The number of aromatic nitrogens is 3. The van der Waals surface area contributed by atoms with Crippen LogP contribution in [0.25, 0.3) is 27.7 Å². The van der Waals surface area contributed by atoms with Gasteiger partial charge in [0, 0.05) is 23.7 Å². The molecule has 1 aliphatic rings. The third kappa shape index (κ3) is 4.29. The van der Waals surface area contributed by atoms with E-state index in [2.05, 4.69) is 34.6 Å². The predicted octanol–water partition coefficient (Wildman–Crippen LogP) is 4.34. The number of halogens is 1. The van der Waals surface area contributed by atoms with Crippen molar-refractivity contribution in [2.75, 3.05) is 11.9 Å². The largest absolute Gasteiger partial charge is 0.367 e. The monoisotopic (exact) mass is 455 g/mol. The van der Waals surface area contributed by atoms with Gasteiger partial charge in [-0.25, -0.2) is 14.3 Å². The van der Waals surface area contributed by atoms with Crippen LogP contribution in [0.3, 0.4) is 0 Å². The Kier molecular flexibility index (Phi) is 5.62. The number of nitrogens with one attached hydrogen (secondary N) is 1. The van der Waals surface area contributed by atoms with Gasteiger partial charge in [-0.1, -0.05) is 54.1 Å². The zero-order valence-corrected chi connectivity index (χ0v) is 18.3. The highest BCUT2D eigenvalue weighted by molar-refractivity contribution is 7.77. The van der Waals surface area contributed by atoms with Gasteiger partial charge < -0.3 is 5.32 Å². The van der Waals surface area contributed by atoms with E-state index in [1.165, 1.54) is 5.39 Å². The highest BCUT2D eigenvalue weighted by atomic mass is 35.5. The molecule has 9 heteroatoms. The lowest BCUT2D eigenvalue weighted by Gasteiger charge is -2.15. The maximum Gasteiger partial charge on any atom is 0.231 e. The van der Waals surface area contributed by atoms with Crippen LogP contribution in [0.4, 0.5) is 5.82 Å². The van der Waals surface area contributed by atoms with E-state index in [1.54, 1.807) is 6.07 Å². The van der Waals surface area contributed by atoms with E-state index in [1.807, 2.05) is 28.8 Å². The smallest absolute Gasteiger partial charge is 0.231 e. The number of rotatable bonds is 6. The highest BCUT2D eigenvalue weighted by Gasteiger charge is 2.26. The Bertz CT molecular complexity index is 1270. The van der Waals surface area contributed by atoms with Crippen molar-refractivity contribution in [3.63, 3.8) is 0 Å². The first-order valence-corrected chi connectivity index (χ1v) is 11.7. The minimum atomic E-state index is -1.72. The van der Waals surface area contributed by atoms with E-state index in [0.29, 0.717) is 23.3 Å². The lowest BCUT2D eigenvalue weighted by Crippen LogP contribution is -2.19. The summed E-state index contributed by atoms with van der Waals surface area (Å²) in [5, 5.41) is 16.3. The molecule has 160 valence electrons. The minimum Gasteiger partial charge on any atom is -0.367 e. The molecular formula is C22H22ClN5O2S. The molecule has 1 saturated carbocycles. The van der Waals surface area contributed by atoms with Gasteiger partial charge in [-0.3, -0.25) is 4.18 Å². The molecule has 1 fully saturated rings. The van der Waals surface area contributed by atoms with Gasteiger partial charge in [0.05, 0.1) is 12.3 Å². The molecule has 0 aliphatic heterocycles. The van der Waals surface area contributed by atoms with E-state index in [-0.39, 0.29) is 6.04 Å². The van der Waals surface area contributed by atoms with Crippen molar-refractivity contribution in [1.29, 1.82) is 0 Å². The SMILES string of the molecule is NS(=O)OCC1CCC(Nc2cc(Cl)nc3cc(-c4cccc5ccccc45)nn23)C1. The molecule has 2 aromatic carbocycles. The van der Waals surface area contributed by atoms with Crippen molar-refractivity contribution in [3.05, 3.63) is 59.8 Å². The Morgan fingerprint density at radius 3 is 2.90 bits per heavy atom. The Labute approximate surface area is 187 Å². The first-order valence-electron chi connectivity index (χ1n) is 10.2. The average Bonchev–Trinajstić information content (AvgIpc) is 3.38. The molecule has 0 saturated heterocycles. The summed E-state index contributed by atoms with van der Waals surface area (Å²) in [5.41, 5.74) is 2.59. The second kappa shape index (κ2) is 8.55. The molecule has 5 rings (SSSR count). The lowest BCUT2D eigenvalue weighted by molar-refractivity contribution is 0.274. The van der Waals surface area contributed by atoms with Gasteiger partial charge in [-0.15, -0.1) is 0 Å². The molecule has 1 aliphatic carbocycles. The van der Waals surface area contributed by atoms with Crippen molar-refractivity contribution >= 4 is 45.1 Å². The lowest BCUT2D eigenvalue weighted by atomic mass is 10.0. The topological polar surface area (TPSA) is 94.5 Å². The van der Waals surface area contributed by atoms with Crippen LogP contribution in [-0.2, 0) is 15.4 Å². The summed E-state index contributed by atoms with van der Waals surface area (Å²) < 4.78 is 17.9. The van der Waals surface area contributed by atoms with Gasteiger partial charge in [-0.05, 0) is 36.0 Å². The third-order valence-electron chi connectivity index (χ3n) is 5.77. The first kappa shape index (κ1) is 20.4. The molecular weight excluding hydrogens is 434 g/mol. The Morgan fingerprint density at radius 1 is 1.19 bits per heavy atom. The Hall–Kier alpha value is -2.52. The Balaban J connectivity index is 1.45. The van der Waals surface area contributed by atoms with E-state index in [4.69, 9.17) is 26.0 Å². The molecule has 0 radical (unpaired) electrons. The maximum atomic E-state index is 11.0. The molecule has 0 bridgehead atoms. The first-order chi connectivity index (χ1) is 15.1. The summed E-state index contributed by atoms with van der Waals surface area (Å²) in [7, 11) is 0. The van der Waals surface area contributed by atoms with Crippen LogP contribution in [-0.4, -0.2) is 31.5 Å². The summed E-state index contributed by atoms with van der Waals surface area (Å²) in [6.45, 7) is 0.404. The van der Waals surface area contributed by atoms with Crippen molar-refractivity contribution in [3.8, 4) is 11.3 Å². The number of benzene rings is 2. The van der Waals surface area contributed by atoms with Crippen LogP contribution < -0.4 is 10.5 Å². The van der Waals surface area contributed by atoms with Crippen LogP contribution in [0, 0.1) is 5.92 Å². The minimum absolute atomic E-state index is 0.242. The normalized spacial score (nSPS) is 19.8. The predicted molar refractivity (Wildman–Crippen MR) is 124 cm³/mol. The molecule has 4 aromatic rings. The average molecular weight is 456 g/mol. The van der Waals surface area contributed by atoms with Gasteiger partial charge in [0.15, 0.2) is 5.65 Å². The number of nitrogens with two attached hydrogens (primary N) is 1. The molecule has 3 atom stereocenters. The van der Waals surface area contributed by atoms with Gasteiger partial charge in [0.2, 0.25) is 11.3 Å². The van der Waals surface area contributed by atoms with Crippen molar-refractivity contribution in [2.45, 2.75) is 25.3 Å². The van der Waals surface area contributed by atoms with Crippen LogP contribution in [0.1, 0.15) is 19.3 Å². The third-order valence-corrected chi connectivity index (χ3v) is 6.34. The Morgan fingerprint density at radius 2 is 2.03 bits per heavy atom. The van der Waals surface area contributed by atoms with Crippen molar-refractivity contribution in [2.24, 2.45) is 11.1 Å². The summed E-state index contributed by atoms with van der Waals surface area (Å²) in [6, 6.07) is 18.5. The number of anilines is 1. The van der Waals surface area contributed by atoms with E-state index in [9.17, 15) is 4.21 Å². The second-order valence-electron chi connectivity index (χ2n) is 7.86. The molecule has 3 N–H and O–H groups in total. The van der Waals surface area contributed by atoms with Crippen molar-refractivity contribution < 1.29 is 8.39 Å². The van der Waals surface area contributed by atoms with Crippen molar-refractivity contribution in [1.82, 2.24) is 14.6 Å². The number of fused-ring (bicyclic) bond motifs is 2. The summed E-state index contributed by atoms with van der Waals surface area (Å²) >= 11 is 4.59. The fraction of sp³-hybridized carbons (Fsp3) is 0.273. The molecule has 2 heterocycles. The van der Waals surface area contributed by atoms with E-state index in [0.717, 1.165) is 41.7 Å². The number of nitrogens with zero attached hydrogens (tertiary/aromatic N) is 3. The summed E-state index contributed by atoms with van der Waals surface area (Å²) in [5.74, 6) is 1.12. The molecule has 0 spiro atoms. The van der Waals surface area contributed by atoms with Crippen LogP contribution in [0.2, 0.25) is 5.15 Å². The molecule has 31 heavy (non-hydrogen) atoms. The van der Waals surface area contributed by atoms with E-state index >= 15 is 0 Å².